The number of hydrogen-bond donors (Lipinski definition) is 0. The standard InChI is InChI=1S/C12H16F3N3S/c1-2-17-4-8-3-9(5-17)18(8)6-11-16-10(7-19-11)12(13,14)15/h7-9H,2-6H2,1H3. The first-order chi connectivity index (χ1) is 8.97. The van der Waals surface area contributed by atoms with Crippen molar-refractivity contribution < 1.29 is 13.2 Å². The molecule has 1 aromatic rings. The number of halogens is 3. The topological polar surface area (TPSA) is 19.4 Å². The maximum atomic E-state index is 12.5. The highest BCUT2D eigenvalue weighted by Crippen LogP contribution is 2.35. The fraction of sp³-hybridized carbons (Fsp3) is 0.750. The minimum atomic E-state index is -4.32. The second-order valence-corrected chi connectivity index (χ2v) is 6.13. The minimum absolute atomic E-state index is 0.497. The summed E-state index contributed by atoms with van der Waals surface area (Å²) in [5, 5.41) is 1.69. The first-order valence-electron chi connectivity index (χ1n) is 6.47. The normalized spacial score (nSPS) is 28.4. The summed E-state index contributed by atoms with van der Waals surface area (Å²) in [6, 6.07) is 0.994. The van der Waals surface area contributed by atoms with Gasteiger partial charge in [-0.25, -0.2) is 4.98 Å². The molecule has 0 aliphatic carbocycles. The molecule has 3 nitrogen and oxygen atoms in total. The molecule has 0 saturated carbocycles. The third-order valence-electron chi connectivity index (χ3n) is 4.03. The minimum Gasteiger partial charge on any atom is -0.301 e. The second kappa shape index (κ2) is 4.71. The molecule has 3 aliphatic heterocycles. The van der Waals surface area contributed by atoms with Crippen molar-refractivity contribution in [3.05, 3.63) is 16.1 Å². The summed E-state index contributed by atoms with van der Waals surface area (Å²) < 4.78 is 37.5. The lowest BCUT2D eigenvalue weighted by Gasteiger charge is -2.56. The van der Waals surface area contributed by atoms with Gasteiger partial charge in [0.15, 0.2) is 5.69 Å². The van der Waals surface area contributed by atoms with E-state index in [1.165, 1.54) is 6.42 Å². The van der Waals surface area contributed by atoms with Crippen molar-refractivity contribution >= 4 is 11.3 Å². The van der Waals surface area contributed by atoms with Crippen LogP contribution in [-0.2, 0) is 12.7 Å². The van der Waals surface area contributed by atoms with Crippen LogP contribution in [0.3, 0.4) is 0 Å². The van der Waals surface area contributed by atoms with Crippen LogP contribution in [0.5, 0.6) is 0 Å². The number of alkyl halides is 3. The zero-order valence-electron chi connectivity index (χ0n) is 10.7. The van der Waals surface area contributed by atoms with Crippen molar-refractivity contribution in [2.75, 3.05) is 19.6 Å². The Morgan fingerprint density at radius 2 is 2.05 bits per heavy atom. The number of aromatic nitrogens is 1. The molecule has 19 heavy (non-hydrogen) atoms. The predicted octanol–water partition coefficient (Wildman–Crippen LogP) is 2.44. The summed E-state index contributed by atoms with van der Waals surface area (Å²) >= 11 is 1.11. The predicted molar refractivity (Wildman–Crippen MR) is 67.0 cm³/mol. The number of nitrogens with zero attached hydrogens (tertiary/aromatic N) is 3. The van der Waals surface area contributed by atoms with Crippen LogP contribution in [0.4, 0.5) is 13.2 Å². The number of piperidine rings is 1. The molecule has 0 N–H and O–H groups in total. The fourth-order valence-electron chi connectivity index (χ4n) is 2.96. The Morgan fingerprint density at radius 3 is 2.58 bits per heavy atom. The van der Waals surface area contributed by atoms with Crippen LogP contribution < -0.4 is 0 Å². The molecule has 0 aromatic carbocycles. The van der Waals surface area contributed by atoms with E-state index in [1.54, 1.807) is 0 Å². The molecule has 4 heterocycles. The average molecular weight is 291 g/mol. The molecule has 0 radical (unpaired) electrons. The Kier molecular flexibility index (Phi) is 3.31. The summed E-state index contributed by atoms with van der Waals surface area (Å²) in [4.78, 5) is 8.41. The molecule has 7 heteroatoms. The number of likely N-dealkylation sites (N-methyl/N-ethyl adjacent to an activating group) is 1. The fourth-order valence-corrected chi connectivity index (χ4v) is 3.77. The van der Waals surface area contributed by atoms with E-state index in [-0.39, 0.29) is 0 Å². The van der Waals surface area contributed by atoms with Crippen LogP contribution in [-0.4, -0.2) is 46.5 Å². The van der Waals surface area contributed by atoms with Crippen molar-refractivity contribution in [1.29, 1.82) is 0 Å². The second-order valence-electron chi connectivity index (χ2n) is 5.19. The van der Waals surface area contributed by atoms with Crippen LogP contribution in [0.25, 0.3) is 0 Å². The van der Waals surface area contributed by atoms with E-state index in [0.717, 1.165) is 36.4 Å². The Morgan fingerprint density at radius 1 is 1.37 bits per heavy atom. The van der Waals surface area contributed by atoms with Crippen molar-refractivity contribution in [3.8, 4) is 0 Å². The molecule has 3 fully saturated rings. The molecule has 2 unspecified atom stereocenters. The largest absolute Gasteiger partial charge is 0.434 e. The Bertz CT molecular complexity index is 447. The van der Waals surface area contributed by atoms with Gasteiger partial charge in [0.1, 0.15) is 5.01 Å². The molecule has 106 valence electrons. The summed E-state index contributed by atoms with van der Waals surface area (Å²) in [5.74, 6) is 0. The van der Waals surface area contributed by atoms with Crippen molar-refractivity contribution in [1.82, 2.24) is 14.8 Å². The van der Waals surface area contributed by atoms with Crippen LogP contribution in [0.15, 0.2) is 5.38 Å². The highest BCUT2D eigenvalue weighted by molar-refractivity contribution is 7.09. The Labute approximate surface area is 114 Å². The number of hydrogen-bond acceptors (Lipinski definition) is 4. The van der Waals surface area contributed by atoms with Crippen molar-refractivity contribution in [3.63, 3.8) is 0 Å². The van der Waals surface area contributed by atoms with Gasteiger partial charge in [-0.2, -0.15) is 13.2 Å². The molecule has 4 rings (SSSR count). The quantitative estimate of drug-likeness (QED) is 0.852. The first-order valence-corrected chi connectivity index (χ1v) is 7.35. The zero-order chi connectivity index (χ0) is 13.6. The van der Waals surface area contributed by atoms with Gasteiger partial charge in [-0.1, -0.05) is 6.92 Å². The van der Waals surface area contributed by atoms with Gasteiger partial charge >= 0.3 is 6.18 Å². The van der Waals surface area contributed by atoms with E-state index in [0.29, 0.717) is 23.6 Å². The third kappa shape index (κ3) is 2.51. The number of thiazole rings is 1. The van der Waals surface area contributed by atoms with Gasteiger partial charge < -0.3 is 4.90 Å². The molecular formula is C12H16F3N3S. The SMILES string of the molecule is CCN1CC2CC(C1)N2Cc1nc(C(F)(F)F)cs1. The lowest BCUT2D eigenvalue weighted by atomic mass is 9.87. The molecule has 3 aliphatic rings. The van der Waals surface area contributed by atoms with E-state index >= 15 is 0 Å². The van der Waals surface area contributed by atoms with Crippen LogP contribution in [0, 0.1) is 0 Å². The summed E-state index contributed by atoms with van der Waals surface area (Å²) in [6.45, 7) is 5.82. The van der Waals surface area contributed by atoms with E-state index in [2.05, 4.69) is 21.7 Å². The third-order valence-corrected chi connectivity index (χ3v) is 4.86. The Hall–Kier alpha value is -0.660. The van der Waals surface area contributed by atoms with Gasteiger partial charge in [0, 0.05) is 30.6 Å². The van der Waals surface area contributed by atoms with Crippen LogP contribution >= 0.6 is 11.3 Å². The van der Waals surface area contributed by atoms with Crippen molar-refractivity contribution in [2.24, 2.45) is 0 Å². The summed E-state index contributed by atoms with van der Waals surface area (Å²) in [5.41, 5.74) is -0.756. The highest BCUT2D eigenvalue weighted by atomic mass is 32.1. The molecule has 2 bridgehead atoms. The van der Waals surface area contributed by atoms with Crippen LogP contribution in [0.2, 0.25) is 0 Å². The van der Waals surface area contributed by atoms with Gasteiger partial charge in [-0.3, -0.25) is 4.90 Å². The molecular weight excluding hydrogens is 275 g/mol. The molecule has 1 aromatic heterocycles. The van der Waals surface area contributed by atoms with Gasteiger partial charge in [0.25, 0.3) is 0 Å². The smallest absolute Gasteiger partial charge is 0.301 e. The van der Waals surface area contributed by atoms with Gasteiger partial charge in [0.05, 0.1) is 6.54 Å². The van der Waals surface area contributed by atoms with E-state index < -0.39 is 11.9 Å². The zero-order valence-corrected chi connectivity index (χ0v) is 11.5. The highest BCUT2D eigenvalue weighted by Gasteiger charge is 2.44. The summed E-state index contributed by atoms with van der Waals surface area (Å²) in [7, 11) is 0. The Balaban J connectivity index is 1.63. The number of rotatable bonds is 3. The number of fused-ring (bicyclic) bond motifs is 2. The van der Waals surface area contributed by atoms with Crippen LogP contribution in [0.1, 0.15) is 24.0 Å². The maximum Gasteiger partial charge on any atom is 0.434 e. The molecule has 2 atom stereocenters. The summed E-state index contributed by atoms with van der Waals surface area (Å²) in [6.07, 6.45) is -3.15. The monoisotopic (exact) mass is 291 g/mol. The van der Waals surface area contributed by atoms with Gasteiger partial charge in [-0.15, -0.1) is 11.3 Å². The lowest BCUT2D eigenvalue weighted by molar-refractivity contribution is -0.140. The average Bonchev–Trinajstić information content (AvgIpc) is 2.84. The van der Waals surface area contributed by atoms with E-state index in [9.17, 15) is 13.2 Å². The van der Waals surface area contributed by atoms with Crippen molar-refractivity contribution in [2.45, 2.75) is 38.1 Å². The van der Waals surface area contributed by atoms with E-state index in [1.807, 2.05) is 0 Å². The van der Waals surface area contributed by atoms with E-state index in [4.69, 9.17) is 0 Å². The van der Waals surface area contributed by atoms with Gasteiger partial charge in [-0.05, 0) is 13.0 Å². The molecule has 0 amide bonds. The number of piperazine rings is 1. The first kappa shape index (κ1) is 13.3. The molecule has 3 saturated heterocycles. The lowest BCUT2D eigenvalue weighted by Crippen LogP contribution is -2.67. The van der Waals surface area contributed by atoms with Gasteiger partial charge in [0.2, 0.25) is 0 Å². The molecule has 0 spiro atoms. The maximum absolute atomic E-state index is 12.5.